The van der Waals surface area contributed by atoms with Crippen LogP contribution in [0, 0.1) is 11.6 Å². The van der Waals surface area contributed by atoms with Crippen LogP contribution in [0.4, 0.5) is 20.3 Å². The number of pyridine rings is 1. The lowest BCUT2D eigenvalue weighted by Crippen LogP contribution is -2.15. The summed E-state index contributed by atoms with van der Waals surface area (Å²) >= 11 is 5.65. The van der Waals surface area contributed by atoms with E-state index in [0.717, 1.165) is 6.07 Å². The van der Waals surface area contributed by atoms with Crippen LogP contribution in [0.5, 0.6) is 0 Å². The van der Waals surface area contributed by atoms with Crippen molar-refractivity contribution in [2.45, 2.75) is 0 Å². The average Bonchev–Trinajstić information content (AvgIpc) is 2.33. The third-order valence-electron chi connectivity index (χ3n) is 2.29. The SMILES string of the molecule is Nc1cc(C(=O)Nc2cccc(Cl)n2)c(F)cc1F. The molecule has 1 aromatic carbocycles. The van der Waals surface area contributed by atoms with E-state index >= 15 is 0 Å². The molecule has 1 amide bonds. The first-order chi connectivity index (χ1) is 8.97. The van der Waals surface area contributed by atoms with Gasteiger partial charge in [-0.15, -0.1) is 0 Å². The van der Waals surface area contributed by atoms with Crippen molar-refractivity contribution in [1.82, 2.24) is 4.98 Å². The van der Waals surface area contributed by atoms with Gasteiger partial charge in [0.25, 0.3) is 5.91 Å². The molecule has 2 rings (SSSR count). The van der Waals surface area contributed by atoms with Gasteiger partial charge in [-0.05, 0) is 18.2 Å². The number of carbonyl (C=O) groups is 1. The summed E-state index contributed by atoms with van der Waals surface area (Å²) in [6, 6.07) is 6.04. The van der Waals surface area contributed by atoms with E-state index in [2.05, 4.69) is 10.3 Å². The quantitative estimate of drug-likeness (QED) is 0.658. The number of halogens is 3. The molecule has 98 valence electrons. The average molecular weight is 284 g/mol. The maximum atomic E-state index is 13.5. The third kappa shape index (κ3) is 2.97. The van der Waals surface area contributed by atoms with Crippen molar-refractivity contribution >= 4 is 29.0 Å². The van der Waals surface area contributed by atoms with Crippen LogP contribution in [0.1, 0.15) is 10.4 Å². The molecule has 0 radical (unpaired) electrons. The van der Waals surface area contributed by atoms with Gasteiger partial charge >= 0.3 is 0 Å². The first-order valence-electron chi connectivity index (χ1n) is 5.16. The highest BCUT2D eigenvalue weighted by Crippen LogP contribution is 2.18. The van der Waals surface area contributed by atoms with Gasteiger partial charge in [0.05, 0.1) is 11.3 Å². The number of nitrogens with two attached hydrogens (primary N) is 1. The minimum atomic E-state index is -1.01. The fourth-order valence-corrected chi connectivity index (χ4v) is 1.57. The van der Waals surface area contributed by atoms with E-state index in [4.69, 9.17) is 17.3 Å². The molecule has 7 heteroatoms. The largest absolute Gasteiger partial charge is 0.396 e. The Hall–Kier alpha value is -2.21. The lowest BCUT2D eigenvalue weighted by Gasteiger charge is -2.07. The van der Waals surface area contributed by atoms with Gasteiger partial charge in [-0.25, -0.2) is 13.8 Å². The molecule has 0 unspecified atom stereocenters. The highest BCUT2D eigenvalue weighted by Gasteiger charge is 2.15. The number of hydrogen-bond acceptors (Lipinski definition) is 3. The number of rotatable bonds is 2. The molecule has 3 N–H and O–H groups in total. The van der Waals surface area contributed by atoms with E-state index in [0.29, 0.717) is 6.07 Å². The van der Waals surface area contributed by atoms with E-state index in [9.17, 15) is 13.6 Å². The van der Waals surface area contributed by atoms with Gasteiger partial charge in [-0.3, -0.25) is 4.79 Å². The zero-order valence-corrected chi connectivity index (χ0v) is 10.2. The Morgan fingerprint density at radius 1 is 1.26 bits per heavy atom. The molecule has 19 heavy (non-hydrogen) atoms. The Bertz CT molecular complexity index is 649. The minimum absolute atomic E-state index is 0.153. The molecular formula is C12H8ClF2N3O. The summed E-state index contributed by atoms with van der Waals surface area (Å²) in [5.74, 6) is -2.57. The number of benzene rings is 1. The number of hydrogen-bond donors (Lipinski definition) is 2. The molecule has 0 bridgehead atoms. The zero-order chi connectivity index (χ0) is 14.0. The molecule has 0 atom stereocenters. The molecule has 0 fully saturated rings. The smallest absolute Gasteiger partial charge is 0.259 e. The third-order valence-corrected chi connectivity index (χ3v) is 2.50. The van der Waals surface area contributed by atoms with E-state index in [1.165, 1.54) is 12.1 Å². The lowest BCUT2D eigenvalue weighted by atomic mass is 10.1. The standard InChI is InChI=1S/C12H8ClF2N3O/c13-10-2-1-3-11(17-10)18-12(19)6-4-9(16)8(15)5-7(6)14/h1-5H,16H2,(H,17,18,19). The maximum Gasteiger partial charge on any atom is 0.259 e. The summed E-state index contributed by atoms with van der Waals surface area (Å²) in [6.07, 6.45) is 0. The number of aromatic nitrogens is 1. The van der Waals surface area contributed by atoms with E-state index in [-0.39, 0.29) is 22.2 Å². The first kappa shape index (κ1) is 13.2. The van der Waals surface area contributed by atoms with Crippen molar-refractivity contribution in [1.29, 1.82) is 0 Å². The highest BCUT2D eigenvalue weighted by molar-refractivity contribution is 6.29. The van der Waals surface area contributed by atoms with Crippen molar-refractivity contribution in [3.63, 3.8) is 0 Å². The Balaban J connectivity index is 2.28. The molecule has 2 aromatic rings. The topological polar surface area (TPSA) is 68.0 Å². The fourth-order valence-electron chi connectivity index (χ4n) is 1.40. The minimum Gasteiger partial charge on any atom is -0.396 e. The van der Waals surface area contributed by atoms with E-state index in [1.807, 2.05) is 0 Å². The van der Waals surface area contributed by atoms with Crippen LogP contribution >= 0.6 is 11.6 Å². The van der Waals surface area contributed by atoms with Gasteiger partial charge < -0.3 is 11.1 Å². The summed E-state index contributed by atoms with van der Waals surface area (Å²) in [7, 11) is 0. The summed E-state index contributed by atoms with van der Waals surface area (Å²) in [5, 5.41) is 2.51. The van der Waals surface area contributed by atoms with Crippen LogP contribution in [0.15, 0.2) is 30.3 Å². The normalized spacial score (nSPS) is 10.3. The van der Waals surface area contributed by atoms with Crippen LogP contribution in [0.3, 0.4) is 0 Å². The summed E-state index contributed by atoms with van der Waals surface area (Å²) in [4.78, 5) is 15.6. The van der Waals surface area contributed by atoms with Gasteiger partial charge in [0.2, 0.25) is 0 Å². The predicted molar refractivity (Wildman–Crippen MR) is 68.0 cm³/mol. The lowest BCUT2D eigenvalue weighted by molar-refractivity contribution is 0.102. The molecule has 0 aliphatic carbocycles. The zero-order valence-electron chi connectivity index (χ0n) is 9.45. The molecule has 0 spiro atoms. The molecule has 0 aliphatic rings. The Labute approximate surface area is 112 Å². The molecule has 1 aromatic heterocycles. The van der Waals surface area contributed by atoms with Crippen molar-refractivity contribution < 1.29 is 13.6 Å². The predicted octanol–water partition coefficient (Wildman–Crippen LogP) is 2.85. The van der Waals surface area contributed by atoms with Gasteiger partial charge in [-0.1, -0.05) is 17.7 Å². The second kappa shape index (κ2) is 5.19. The van der Waals surface area contributed by atoms with Crippen molar-refractivity contribution in [2.24, 2.45) is 0 Å². The van der Waals surface area contributed by atoms with Gasteiger partial charge in [-0.2, -0.15) is 0 Å². The van der Waals surface area contributed by atoms with Crippen LogP contribution in [0.25, 0.3) is 0 Å². The van der Waals surface area contributed by atoms with E-state index < -0.39 is 17.5 Å². The van der Waals surface area contributed by atoms with E-state index in [1.54, 1.807) is 6.07 Å². The number of nitrogens with one attached hydrogen (secondary N) is 1. The Kier molecular flexibility index (Phi) is 3.62. The summed E-state index contributed by atoms with van der Waals surface area (Å²) in [5.41, 5.74) is 4.60. The number of anilines is 2. The number of nitrogen functional groups attached to an aromatic ring is 1. The highest BCUT2D eigenvalue weighted by atomic mass is 35.5. The number of nitrogens with zero attached hydrogens (tertiary/aromatic N) is 1. The van der Waals surface area contributed by atoms with Gasteiger partial charge in [0, 0.05) is 6.07 Å². The molecular weight excluding hydrogens is 276 g/mol. The molecule has 0 saturated heterocycles. The molecule has 0 saturated carbocycles. The molecule has 1 heterocycles. The summed E-state index contributed by atoms with van der Waals surface area (Å²) in [6.45, 7) is 0. The van der Waals surface area contributed by atoms with Crippen LogP contribution in [-0.2, 0) is 0 Å². The molecule has 4 nitrogen and oxygen atoms in total. The van der Waals surface area contributed by atoms with Crippen molar-refractivity contribution in [2.75, 3.05) is 11.1 Å². The monoisotopic (exact) mass is 283 g/mol. The fraction of sp³-hybridized carbons (Fsp3) is 0. The second-order valence-corrected chi connectivity index (χ2v) is 4.04. The molecule has 0 aliphatic heterocycles. The Morgan fingerprint density at radius 2 is 2.00 bits per heavy atom. The van der Waals surface area contributed by atoms with Gasteiger partial charge in [0.15, 0.2) is 0 Å². The number of carbonyl (C=O) groups excluding carboxylic acids is 1. The summed E-state index contributed by atoms with van der Waals surface area (Å²) < 4.78 is 26.4. The maximum absolute atomic E-state index is 13.5. The van der Waals surface area contributed by atoms with Crippen molar-refractivity contribution in [3.05, 3.63) is 52.7 Å². The van der Waals surface area contributed by atoms with Crippen LogP contribution in [0.2, 0.25) is 5.15 Å². The number of amides is 1. The first-order valence-corrected chi connectivity index (χ1v) is 5.53. The van der Waals surface area contributed by atoms with Crippen LogP contribution in [-0.4, -0.2) is 10.9 Å². The second-order valence-electron chi connectivity index (χ2n) is 3.65. The van der Waals surface area contributed by atoms with Crippen LogP contribution < -0.4 is 11.1 Å². The Morgan fingerprint density at radius 3 is 2.68 bits per heavy atom. The van der Waals surface area contributed by atoms with Crippen molar-refractivity contribution in [3.8, 4) is 0 Å². The van der Waals surface area contributed by atoms with Gasteiger partial charge in [0.1, 0.15) is 22.6 Å².